The number of piperidine rings is 1. The fraction of sp³-hybridized carbons (Fsp3) is 0.500. The van der Waals surface area contributed by atoms with Crippen LogP contribution in [0.1, 0.15) is 26.2 Å². The molecule has 0 spiro atoms. The average molecular weight is 265 g/mol. The van der Waals surface area contributed by atoms with Gasteiger partial charge in [-0.05, 0) is 31.9 Å². The van der Waals surface area contributed by atoms with Crippen LogP contribution < -0.4 is 16.0 Å². The van der Waals surface area contributed by atoms with Crippen LogP contribution in [0.25, 0.3) is 0 Å². The number of halogens is 1. The molecule has 5 heteroatoms. The van der Waals surface area contributed by atoms with Crippen LogP contribution in [0.5, 0.6) is 0 Å². The molecule has 1 fully saturated rings. The molecule has 2 amide bonds. The van der Waals surface area contributed by atoms with Crippen molar-refractivity contribution in [3.8, 4) is 0 Å². The minimum Gasteiger partial charge on any atom is -0.336 e. The van der Waals surface area contributed by atoms with Gasteiger partial charge < -0.3 is 16.0 Å². The highest BCUT2D eigenvalue weighted by molar-refractivity contribution is 5.89. The highest BCUT2D eigenvalue weighted by Crippen LogP contribution is 2.13. The monoisotopic (exact) mass is 265 g/mol. The van der Waals surface area contributed by atoms with Crippen molar-refractivity contribution in [3.05, 3.63) is 30.1 Å². The molecule has 3 N–H and O–H groups in total. The Labute approximate surface area is 112 Å². The summed E-state index contributed by atoms with van der Waals surface area (Å²) in [6, 6.07) is 6.56. The average Bonchev–Trinajstić information content (AvgIpc) is 2.39. The molecule has 1 aromatic rings. The summed E-state index contributed by atoms with van der Waals surface area (Å²) < 4.78 is 13.3. The van der Waals surface area contributed by atoms with E-state index in [1.54, 1.807) is 12.1 Å². The Morgan fingerprint density at radius 3 is 2.95 bits per heavy atom. The van der Waals surface area contributed by atoms with Gasteiger partial charge in [0, 0.05) is 18.6 Å². The van der Waals surface area contributed by atoms with E-state index in [2.05, 4.69) is 22.9 Å². The maximum atomic E-state index is 13.3. The third-order valence-electron chi connectivity index (χ3n) is 3.34. The van der Waals surface area contributed by atoms with Crippen LogP contribution >= 0.6 is 0 Å². The Balaban J connectivity index is 1.77. The summed E-state index contributed by atoms with van der Waals surface area (Å²) in [5.41, 5.74) is 0.199. The highest BCUT2D eigenvalue weighted by Gasteiger charge is 2.18. The maximum absolute atomic E-state index is 13.3. The number of urea groups is 1. The Morgan fingerprint density at radius 1 is 1.42 bits per heavy atom. The molecule has 0 radical (unpaired) electrons. The van der Waals surface area contributed by atoms with Gasteiger partial charge in [0.15, 0.2) is 0 Å². The number of para-hydroxylation sites is 1. The molecule has 2 rings (SSSR count). The van der Waals surface area contributed by atoms with E-state index in [0.717, 1.165) is 6.42 Å². The fourth-order valence-corrected chi connectivity index (χ4v) is 2.35. The number of carbonyl (C=O) groups excluding carboxylic acids is 1. The summed E-state index contributed by atoms with van der Waals surface area (Å²) in [4.78, 5) is 11.7. The lowest BCUT2D eigenvalue weighted by atomic mass is 10.00. The lowest BCUT2D eigenvalue weighted by Crippen LogP contribution is -2.48. The van der Waals surface area contributed by atoms with Crippen LogP contribution in [0.2, 0.25) is 0 Å². The number of amides is 2. The molecule has 4 nitrogen and oxygen atoms in total. The van der Waals surface area contributed by atoms with Gasteiger partial charge in [-0.1, -0.05) is 18.6 Å². The summed E-state index contributed by atoms with van der Waals surface area (Å²) in [6.07, 6.45) is 3.41. The SMILES string of the molecule is CC1CCCC(CNC(=O)Nc2ccccc2F)N1. The zero-order chi connectivity index (χ0) is 13.7. The first-order chi connectivity index (χ1) is 9.15. The van der Waals surface area contributed by atoms with Gasteiger partial charge in [0.05, 0.1) is 5.69 Å². The third-order valence-corrected chi connectivity index (χ3v) is 3.34. The van der Waals surface area contributed by atoms with Gasteiger partial charge in [-0.25, -0.2) is 9.18 Å². The van der Waals surface area contributed by atoms with Crippen LogP contribution in [0.4, 0.5) is 14.9 Å². The number of hydrogen-bond acceptors (Lipinski definition) is 2. The number of hydrogen-bond donors (Lipinski definition) is 3. The predicted octanol–water partition coefficient (Wildman–Crippen LogP) is 2.48. The Bertz CT molecular complexity index is 438. The molecule has 1 heterocycles. The molecule has 0 aromatic heterocycles. The van der Waals surface area contributed by atoms with Crippen LogP contribution in [-0.2, 0) is 0 Å². The molecule has 2 atom stereocenters. The van der Waals surface area contributed by atoms with E-state index >= 15 is 0 Å². The second-order valence-electron chi connectivity index (χ2n) is 5.01. The van der Waals surface area contributed by atoms with Crippen molar-refractivity contribution in [1.29, 1.82) is 0 Å². The molecule has 0 aliphatic carbocycles. The Kier molecular flexibility index (Phi) is 4.74. The van der Waals surface area contributed by atoms with E-state index in [1.807, 2.05) is 0 Å². The van der Waals surface area contributed by atoms with Crippen LogP contribution in [0.15, 0.2) is 24.3 Å². The lowest BCUT2D eigenvalue weighted by molar-refractivity contribution is 0.247. The minimum atomic E-state index is -0.429. The van der Waals surface area contributed by atoms with Crippen molar-refractivity contribution in [1.82, 2.24) is 10.6 Å². The Hall–Kier alpha value is -1.62. The second-order valence-corrected chi connectivity index (χ2v) is 5.01. The highest BCUT2D eigenvalue weighted by atomic mass is 19.1. The molecule has 1 aliphatic heterocycles. The maximum Gasteiger partial charge on any atom is 0.319 e. The molecule has 2 unspecified atom stereocenters. The van der Waals surface area contributed by atoms with Gasteiger partial charge in [0.25, 0.3) is 0 Å². The van der Waals surface area contributed by atoms with Crippen molar-refractivity contribution >= 4 is 11.7 Å². The largest absolute Gasteiger partial charge is 0.336 e. The molecule has 104 valence electrons. The quantitative estimate of drug-likeness (QED) is 0.786. The molecule has 1 aromatic carbocycles. The second kappa shape index (κ2) is 6.52. The van der Waals surface area contributed by atoms with E-state index in [4.69, 9.17) is 0 Å². The van der Waals surface area contributed by atoms with E-state index in [9.17, 15) is 9.18 Å². The van der Waals surface area contributed by atoms with Crippen LogP contribution in [0.3, 0.4) is 0 Å². The number of carbonyl (C=O) groups is 1. The minimum absolute atomic E-state index is 0.199. The number of benzene rings is 1. The van der Waals surface area contributed by atoms with Gasteiger partial charge in [-0.2, -0.15) is 0 Å². The molecular formula is C14H20FN3O. The molecule has 1 saturated heterocycles. The first-order valence-electron chi connectivity index (χ1n) is 6.70. The lowest BCUT2D eigenvalue weighted by Gasteiger charge is -2.28. The molecule has 0 saturated carbocycles. The van der Waals surface area contributed by atoms with Crippen molar-refractivity contribution in [2.24, 2.45) is 0 Å². The van der Waals surface area contributed by atoms with Gasteiger partial charge >= 0.3 is 6.03 Å². The molecule has 1 aliphatic rings. The van der Waals surface area contributed by atoms with Crippen LogP contribution in [-0.4, -0.2) is 24.7 Å². The van der Waals surface area contributed by atoms with E-state index in [1.165, 1.54) is 25.0 Å². The van der Waals surface area contributed by atoms with E-state index in [0.29, 0.717) is 18.6 Å². The molecule has 19 heavy (non-hydrogen) atoms. The normalized spacial score (nSPS) is 22.8. The summed E-state index contributed by atoms with van der Waals surface area (Å²) in [5.74, 6) is -0.429. The zero-order valence-corrected chi connectivity index (χ0v) is 11.1. The van der Waals surface area contributed by atoms with Gasteiger partial charge in [0.2, 0.25) is 0 Å². The topological polar surface area (TPSA) is 53.2 Å². The number of rotatable bonds is 3. The van der Waals surface area contributed by atoms with E-state index < -0.39 is 5.82 Å². The number of anilines is 1. The number of nitrogens with one attached hydrogen (secondary N) is 3. The van der Waals surface area contributed by atoms with Gasteiger partial charge in [0.1, 0.15) is 5.82 Å². The summed E-state index contributed by atoms with van der Waals surface area (Å²) >= 11 is 0. The van der Waals surface area contributed by atoms with Crippen molar-refractivity contribution in [3.63, 3.8) is 0 Å². The molecular weight excluding hydrogens is 245 g/mol. The first kappa shape index (κ1) is 13.8. The predicted molar refractivity (Wildman–Crippen MR) is 73.7 cm³/mol. The van der Waals surface area contributed by atoms with Crippen molar-refractivity contribution in [2.45, 2.75) is 38.3 Å². The first-order valence-corrected chi connectivity index (χ1v) is 6.70. The van der Waals surface area contributed by atoms with Gasteiger partial charge in [-0.15, -0.1) is 0 Å². The summed E-state index contributed by atoms with van der Waals surface area (Å²) in [5, 5.41) is 8.71. The van der Waals surface area contributed by atoms with Gasteiger partial charge in [-0.3, -0.25) is 0 Å². The van der Waals surface area contributed by atoms with Crippen molar-refractivity contribution in [2.75, 3.05) is 11.9 Å². The third kappa shape index (κ3) is 4.21. The molecule has 0 bridgehead atoms. The van der Waals surface area contributed by atoms with Crippen LogP contribution in [0, 0.1) is 5.82 Å². The fourth-order valence-electron chi connectivity index (χ4n) is 2.35. The zero-order valence-electron chi connectivity index (χ0n) is 11.1. The van der Waals surface area contributed by atoms with E-state index in [-0.39, 0.29) is 11.7 Å². The summed E-state index contributed by atoms with van der Waals surface area (Å²) in [6.45, 7) is 2.70. The van der Waals surface area contributed by atoms with Crippen molar-refractivity contribution < 1.29 is 9.18 Å². The Morgan fingerprint density at radius 2 is 2.21 bits per heavy atom. The standard InChI is InChI=1S/C14H20FN3O/c1-10-5-4-6-11(17-10)9-16-14(19)18-13-8-3-2-7-12(13)15/h2-3,7-8,10-11,17H,4-6,9H2,1H3,(H2,16,18,19). The smallest absolute Gasteiger partial charge is 0.319 e. The summed E-state index contributed by atoms with van der Waals surface area (Å²) in [7, 11) is 0.